The van der Waals surface area contributed by atoms with Gasteiger partial charge in [-0.05, 0) is 18.4 Å². The molecule has 0 radical (unpaired) electrons. The van der Waals surface area contributed by atoms with Crippen molar-refractivity contribution in [3.05, 3.63) is 56.6 Å². The average Bonchev–Trinajstić information content (AvgIpc) is 2.77. The van der Waals surface area contributed by atoms with E-state index in [0.29, 0.717) is 6.54 Å². The zero-order valence-electron chi connectivity index (χ0n) is 11.6. The number of rotatable bonds is 5. The van der Waals surface area contributed by atoms with Gasteiger partial charge >= 0.3 is 4.87 Å². The SMILES string of the molecule is Cc1csc(=O)n1CC(=O)NC[C@@H](C)c1ccccc1. The van der Waals surface area contributed by atoms with E-state index in [-0.39, 0.29) is 23.2 Å². The van der Waals surface area contributed by atoms with Crippen LogP contribution in [-0.2, 0) is 11.3 Å². The van der Waals surface area contributed by atoms with Gasteiger partial charge in [0.2, 0.25) is 5.91 Å². The number of benzene rings is 1. The van der Waals surface area contributed by atoms with E-state index < -0.39 is 0 Å². The van der Waals surface area contributed by atoms with Crippen LogP contribution in [0.3, 0.4) is 0 Å². The van der Waals surface area contributed by atoms with Crippen molar-refractivity contribution in [3.8, 4) is 0 Å². The Balaban J connectivity index is 1.88. The predicted octanol–water partition coefficient (Wildman–Crippen LogP) is 2.14. The molecule has 1 aromatic carbocycles. The van der Waals surface area contributed by atoms with Crippen LogP contribution in [0.2, 0.25) is 0 Å². The standard InChI is InChI=1S/C15H18N2O2S/c1-11(13-6-4-3-5-7-13)8-16-14(18)9-17-12(2)10-20-15(17)19/h3-7,10-11H,8-9H2,1-2H3,(H,16,18)/t11-/m1/s1. The second kappa shape index (κ2) is 6.52. The third-order valence-corrected chi connectivity index (χ3v) is 4.13. The molecule has 1 amide bonds. The van der Waals surface area contributed by atoms with Gasteiger partial charge in [0.1, 0.15) is 6.54 Å². The molecule has 0 bridgehead atoms. The summed E-state index contributed by atoms with van der Waals surface area (Å²) in [5.41, 5.74) is 2.02. The van der Waals surface area contributed by atoms with Crippen molar-refractivity contribution in [2.75, 3.05) is 6.54 Å². The lowest BCUT2D eigenvalue weighted by Crippen LogP contribution is -2.33. The summed E-state index contributed by atoms with van der Waals surface area (Å²) in [6, 6.07) is 10.0. The predicted molar refractivity (Wildman–Crippen MR) is 81.2 cm³/mol. The Kier molecular flexibility index (Phi) is 4.74. The first-order valence-electron chi connectivity index (χ1n) is 6.54. The molecule has 0 aliphatic carbocycles. The topological polar surface area (TPSA) is 51.1 Å². The Morgan fingerprint density at radius 2 is 2.05 bits per heavy atom. The van der Waals surface area contributed by atoms with Gasteiger partial charge < -0.3 is 5.32 Å². The lowest BCUT2D eigenvalue weighted by Gasteiger charge is -2.13. The highest BCUT2D eigenvalue weighted by atomic mass is 32.1. The number of hydrogen-bond donors (Lipinski definition) is 1. The van der Waals surface area contributed by atoms with Crippen molar-refractivity contribution in [2.24, 2.45) is 0 Å². The van der Waals surface area contributed by atoms with Crippen molar-refractivity contribution in [1.82, 2.24) is 9.88 Å². The van der Waals surface area contributed by atoms with E-state index >= 15 is 0 Å². The molecule has 2 aromatic rings. The number of aromatic nitrogens is 1. The molecule has 0 fully saturated rings. The Labute approximate surface area is 122 Å². The quantitative estimate of drug-likeness (QED) is 0.917. The van der Waals surface area contributed by atoms with Gasteiger partial charge in [0.25, 0.3) is 0 Å². The smallest absolute Gasteiger partial charge is 0.307 e. The number of hydrogen-bond acceptors (Lipinski definition) is 3. The number of nitrogens with zero attached hydrogens (tertiary/aromatic N) is 1. The Bertz CT molecular complexity index is 631. The van der Waals surface area contributed by atoms with Gasteiger partial charge in [-0.3, -0.25) is 14.2 Å². The van der Waals surface area contributed by atoms with Crippen LogP contribution < -0.4 is 10.2 Å². The molecule has 0 aliphatic rings. The molecule has 1 heterocycles. The normalized spacial score (nSPS) is 12.1. The maximum atomic E-state index is 11.9. The maximum Gasteiger partial charge on any atom is 0.307 e. The van der Waals surface area contributed by atoms with Gasteiger partial charge in [-0.25, -0.2) is 0 Å². The van der Waals surface area contributed by atoms with Gasteiger partial charge in [0, 0.05) is 17.6 Å². The summed E-state index contributed by atoms with van der Waals surface area (Å²) in [6.45, 7) is 4.56. The van der Waals surface area contributed by atoms with Gasteiger partial charge in [0.15, 0.2) is 0 Å². The second-order valence-corrected chi connectivity index (χ2v) is 5.67. The summed E-state index contributed by atoms with van der Waals surface area (Å²) < 4.78 is 1.49. The van der Waals surface area contributed by atoms with Gasteiger partial charge in [0.05, 0.1) is 0 Å². The molecule has 106 valence electrons. The van der Waals surface area contributed by atoms with E-state index in [9.17, 15) is 9.59 Å². The van der Waals surface area contributed by atoms with Crippen LogP contribution in [0.5, 0.6) is 0 Å². The number of carbonyl (C=O) groups excluding carboxylic acids is 1. The van der Waals surface area contributed by atoms with E-state index in [4.69, 9.17) is 0 Å². The second-order valence-electron chi connectivity index (χ2n) is 4.84. The summed E-state index contributed by atoms with van der Waals surface area (Å²) in [5, 5.41) is 4.65. The molecule has 0 aliphatic heterocycles. The van der Waals surface area contributed by atoms with Gasteiger partial charge in [-0.2, -0.15) is 0 Å². The van der Waals surface area contributed by atoms with E-state index in [2.05, 4.69) is 12.2 Å². The van der Waals surface area contributed by atoms with Crippen LogP contribution in [0.4, 0.5) is 0 Å². The maximum absolute atomic E-state index is 11.9. The van der Waals surface area contributed by atoms with Crippen molar-refractivity contribution < 1.29 is 4.79 Å². The fourth-order valence-corrected chi connectivity index (χ4v) is 2.70. The number of nitrogens with one attached hydrogen (secondary N) is 1. The van der Waals surface area contributed by atoms with Crippen molar-refractivity contribution in [1.29, 1.82) is 0 Å². The highest BCUT2D eigenvalue weighted by molar-refractivity contribution is 7.07. The summed E-state index contributed by atoms with van der Waals surface area (Å²) in [5.74, 6) is 0.122. The van der Waals surface area contributed by atoms with Gasteiger partial charge in [-0.1, -0.05) is 48.6 Å². The molecule has 2 rings (SSSR count). The fourth-order valence-electron chi connectivity index (χ4n) is 1.96. The zero-order chi connectivity index (χ0) is 14.5. The minimum Gasteiger partial charge on any atom is -0.354 e. The van der Waals surface area contributed by atoms with E-state index in [0.717, 1.165) is 17.0 Å². The number of carbonyl (C=O) groups is 1. The van der Waals surface area contributed by atoms with Crippen LogP contribution in [0.1, 0.15) is 24.1 Å². The highest BCUT2D eigenvalue weighted by Crippen LogP contribution is 2.12. The molecule has 1 atom stereocenters. The summed E-state index contributed by atoms with van der Waals surface area (Å²) >= 11 is 1.12. The molecule has 0 unspecified atom stereocenters. The number of aryl methyl sites for hydroxylation is 1. The fraction of sp³-hybridized carbons (Fsp3) is 0.333. The Hall–Kier alpha value is -1.88. The number of thiazole rings is 1. The zero-order valence-corrected chi connectivity index (χ0v) is 12.4. The van der Waals surface area contributed by atoms with Gasteiger partial charge in [-0.15, -0.1) is 0 Å². The molecule has 0 saturated heterocycles. The summed E-state index contributed by atoms with van der Waals surface area (Å²) in [6.07, 6.45) is 0. The molecule has 0 saturated carbocycles. The first-order chi connectivity index (χ1) is 9.58. The lowest BCUT2D eigenvalue weighted by molar-refractivity contribution is -0.121. The van der Waals surface area contributed by atoms with Crippen LogP contribution in [0.25, 0.3) is 0 Å². The molecule has 0 spiro atoms. The van der Waals surface area contributed by atoms with Crippen LogP contribution in [0, 0.1) is 6.92 Å². The lowest BCUT2D eigenvalue weighted by atomic mass is 10.0. The van der Waals surface area contributed by atoms with E-state index in [1.54, 1.807) is 5.38 Å². The monoisotopic (exact) mass is 290 g/mol. The highest BCUT2D eigenvalue weighted by Gasteiger charge is 2.10. The molecular formula is C15H18N2O2S. The molecule has 1 N–H and O–H groups in total. The first kappa shape index (κ1) is 14.5. The Morgan fingerprint density at radius 3 is 2.65 bits per heavy atom. The van der Waals surface area contributed by atoms with E-state index in [1.165, 1.54) is 10.1 Å². The van der Waals surface area contributed by atoms with Crippen LogP contribution in [-0.4, -0.2) is 17.0 Å². The van der Waals surface area contributed by atoms with Crippen molar-refractivity contribution in [2.45, 2.75) is 26.3 Å². The van der Waals surface area contributed by atoms with Crippen molar-refractivity contribution in [3.63, 3.8) is 0 Å². The molecule has 1 aromatic heterocycles. The third-order valence-electron chi connectivity index (χ3n) is 3.25. The molecular weight excluding hydrogens is 272 g/mol. The van der Waals surface area contributed by atoms with Crippen LogP contribution in [0.15, 0.2) is 40.5 Å². The van der Waals surface area contributed by atoms with Crippen molar-refractivity contribution >= 4 is 17.2 Å². The molecule has 20 heavy (non-hydrogen) atoms. The summed E-state index contributed by atoms with van der Waals surface area (Å²) in [7, 11) is 0. The first-order valence-corrected chi connectivity index (χ1v) is 7.42. The van der Waals surface area contributed by atoms with Crippen LogP contribution >= 0.6 is 11.3 Å². The average molecular weight is 290 g/mol. The largest absolute Gasteiger partial charge is 0.354 e. The number of amides is 1. The van der Waals surface area contributed by atoms with E-state index in [1.807, 2.05) is 37.3 Å². The minimum absolute atomic E-state index is 0.0891. The summed E-state index contributed by atoms with van der Waals surface area (Å²) in [4.78, 5) is 23.3. The molecule has 4 nitrogen and oxygen atoms in total. The minimum atomic E-state index is -0.128. The molecule has 5 heteroatoms. The third kappa shape index (κ3) is 3.57. The Morgan fingerprint density at radius 1 is 1.35 bits per heavy atom.